The van der Waals surface area contributed by atoms with Gasteiger partial charge in [0.05, 0.1) is 11.2 Å². The van der Waals surface area contributed by atoms with Gasteiger partial charge in [0.2, 0.25) is 5.01 Å². The van der Waals surface area contributed by atoms with Gasteiger partial charge in [0.15, 0.2) is 0 Å². The molecule has 0 aliphatic carbocycles. The number of rotatable bonds is 2. The molecule has 21 heavy (non-hydrogen) atoms. The van der Waals surface area contributed by atoms with Crippen LogP contribution in [-0.2, 0) is 6.18 Å². The van der Waals surface area contributed by atoms with Crippen LogP contribution in [0.5, 0.6) is 10.9 Å². The van der Waals surface area contributed by atoms with Crippen LogP contribution < -0.4 is 10.5 Å². The number of halogens is 3. The maximum atomic E-state index is 12.5. The second kappa shape index (κ2) is 4.85. The third-order valence-corrected chi connectivity index (χ3v) is 3.45. The molecule has 2 aromatic heterocycles. The summed E-state index contributed by atoms with van der Waals surface area (Å²) in [6, 6.07) is 6.50. The van der Waals surface area contributed by atoms with Gasteiger partial charge in [-0.3, -0.25) is 4.98 Å². The van der Waals surface area contributed by atoms with Crippen LogP contribution in [0.2, 0.25) is 0 Å². The van der Waals surface area contributed by atoms with E-state index < -0.39 is 11.2 Å². The summed E-state index contributed by atoms with van der Waals surface area (Å²) < 4.78 is 42.8. The average molecular weight is 312 g/mol. The fourth-order valence-corrected chi connectivity index (χ4v) is 2.29. The first-order valence-electron chi connectivity index (χ1n) is 5.67. The van der Waals surface area contributed by atoms with Crippen molar-refractivity contribution in [3.05, 3.63) is 35.5 Å². The molecule has 0 amide bonds. The van der Waals surface area contributed by atoms with Crippen LogP contribution >= 0.6 is 11.3 Å². The van der Waals surface area contributed by atoms with Gasteiger partial charge in [0, 0.05) is 11.6 Å². The molecular formula is C12H7F3N4OS. The van der Waals surface area contributed by atoms with E-state index in [0.29, 0.717) is 33.7 Å². The standard InChI is InChI=1S/C12H7F3N4OS/c13-12(14,15)10-18-19-11(21-10)20-8-4-3-7(16)9-6(8)2-1-5-17-9/h1-5H,16H2. The van der Waals surface area contributed by atoms with E-state index in [2.05, 4.69) is 15.2 Å². The van der Waals surface area contributed by atoms with Crippen LogP contribution in [-0.4, -0.2) is 15.2 Å². The number of fused-ring (bicyclic) bond motifs is 1. The van der Waals surface area contributed by atoms with Gasteiger partial charge in [0.1, 0.15) is 5.75 Å². The average Bonchev–Trinajstić information content (AvgIpc) is 2.91. The lowest BCUT2D eigenvalue weighted by Crippen LogP contribution is -2.03. The zero-order chi connectivity index (χ0) is 15.0. The third kappa shape index (κ3) is 2.59. The van der Waals surface area contributed by atoms with E-state index in [4.69, 9.17) is 10.5 Å². The van der Waals surface area contributed by atoms with Gasteiger partial charge in [-0.2, -0.15) is 13.2 Å². The molecule has 0 atom stereocenters. The van der Waals surface area contributed by atoms with E-state index in [-0.39, 0.29) is 5.19 Å². The molecule has 0 bridgehead atoms. The highest BCUT2D eigenvalue weighted by Gasteiger charge is 2.36. The van der Waals surface area contributed by atoms with Gasteiger partial charge in [-0.15, -0.1) is 5.10 Å². The van der Waals surface area contributed by atoms with E-state index in [1.165, 1.54) is 0 Å². The lowest BCUT2D eigenvalue weighted by atomic mass is 10.2. The Morgan fingerprint density at radius 2 is 1.95 bits per heavy atom. The molecule has 0 saturated heterocycles. The molecule has 0 spiro atoms. The Morgan fingerprint density at radius 1 is 1.14 bits per heavy atom. The number of benzene rings is 1. The molecule has 0 saturated carbocycles. The molecule has 0 radical (unpaired) electrons. The summed E-state index contributed by atoms with van der Waals surface area (Å²) in [7, 11) is 0. The van der Waals surface area contributed by atoms with Crippen LogP contribution in [0.3, 0.4) is 0 Å². The summed E-state index contributed by atoms with van der Waals surface area (Å²) in [5.74, 6) is 0.317. The Labute approximate surface area is 120 Å². The molecule has 3 aromatic rings. The highest BCUT2D eigenvalue weighted by Crippen LogP contribution is 2.37. The van der Waals surface area contributed by atoms with Gasteiger partial charge in [-0.05, 0) is 24.3 Å². The van der Waals surface area contributed by atoms with Crippen LogP contribution in [0, 0.1) is 0 Å². The number of pyridine rings is 1. The fourth-order valence-electron chi connectivity index (χ4n) is 1.72. The minimum Gasteiger partial charge on any atom is -0.429 e. The summed E-state index contributed by atoms with van der Waals surface area (Å²) >= 11 is 0.326. The Morgan fingerprint density at radius 3 is 2.67 bits per heavy atom. The van der Waals surface area contributed by atoms with Crippen LogP contribution in [0.15, 0.2) is 30.5 Å². The van der Waals surface area contributed by atoms with Crippen LogP contribution in [0.1, 0.15) is 5.01 Å². The summed E-state index contributed by atoms with van der Waals surface area (Å²) in [6.07, 6.45) is -2.97. The lowest BCUT2D eigenvalue weighted by Gasteiger charge is -2.07. The molecule has 0 fully saturated rings. The zero-order valence-corrected chi connectivity index (χ0v) is 11.1. The molecule has 5 nitrogen and oxygen atoms in total. The molecule has 2 heterocycles. The third-order valence-electron chi connectivity index (χ3n) is 2.61. The van der Waals surface area contributed by atoms with Crippen molar-refractivity contribution in [1.82, 2.24) is 15.2 Å². The Balaban J connectivity index is 1.99. The summed E-state index contributed by atoms with van der Waals surface area (Å²) in [5, 5.41) is 5.77. The van der Waals surface area contributed by atoms with E-state index in [9.17, 15) is 13.2 Å². The summed E-state index contributed by atoms with van der Waals surface area (Å²) in [5.41, 5.74) is 6.75. The summed E-state index contributed by atoms with van der Waals surface area (Å²) in [4.78, 5) is 4.11. The van der Waals surface area contributed by atoms with Crippen molar-refractivity contribution < 1.29 is 17.9 Å². The predicted octanol–water partition coefficient (Wildman–Crippen LogP) is 3.48. The van der Waals surface area contributed by atoms with Crippen molar-refractivity contribution in [2.45, 2.75) is 6.18 Å². The SMILES string of the molecule is Nc1ccc(Oc2nnc(C(F)(F)F)s2)c2cccnc12. The lowest BCUT2D eigenvalue weighted by molar-refractivity contribution is -0.138. The number of ether oxygens (including phenoxy) is 1. The maximum Gasteiger partial charge on any atom is 0.445 e. The van der Waals surface area contributed by atoms with Crippen molar-refractivity contribution in [2.75, 3.05) is 5.73 Å². The second-order valence-electron chi connectivity index (χ2n) is 4.03. The molecule has 0 aliphatic rings. The minimum absolute atomic E-state index is 0.197. The van der Waals surface area contributed by atoms with Gasteiger partial charge >= 0.3 is 6.18 Å². The van der Waals surface area contributed by atoms with Crippen molar-refractivity contribution in [2.24, 2.45) is 0 Å². The monoisotopic (exact) mass is 312 g/mol. The molecular weight excluding hydrogens is 305 g/mol. The number of anilines is 1. The maximum absolute atomic E-state index is 12.5. The van der Waals surface area contributed by atoms with E-state index in [0.717, 1.165) is 0 Å². The first kappa shape index (κ1) is 13.6. The van der Waals surface area contributed by atoms with Gasteiger partial charge in [0.25, 0.3) is 5.19 Å². The summed E-state index contributed by atoms with van der Waals surface area (Å²) in [6.45, 7) is 0. The largest absolute Gasteiger partial charge is 0.445 e. The van der Waals surface area contributed by atoms with Gasteiger partial charge in [-0.1, -0.05) is 16.4 Å². The van der Waals surface area contributed by atoms with Gasteiger partial charge < -0.3 is 10.5 Å². The predicted molar refractivity (Wildman–Crippen MR) is 71.1 cm³/mol. The molecule has 0 aliphatic heterocycles. The number of nitrogens with two attached hydrogens (primary N) is 1. The Bertz CT molecular complexity index is 803. The van der Waals surface area contributed by atoms with Crippen molar-refractivity contribution in [3.63, 3.8) is 0 Å². The smallest absolute Gasteiger partial charge is 0.429 e. The topological polar surface area (TPSA) is 73.9 Å². The van der Waals surface area contributed by atoms with Gasteiger partial charge in [-0.25, -0.2) is 0 Å². The van der Waals surface area contributed by atoms with E-state index in [1.807, 2.05) is 0 Å². The van der Waals surface area contributed by atoms with Crippen molar-refractivity contribution in [3.8, 4) is 10.9 Å². The number of aromatic nitrogens is 3. The minimum atomic E-state index is -4.54. The Kier molecular flexibility index (Phi) is 3.13. The van der Waals surface area contributed by atoms with E-state index >= 15 is 0 Å². The number of hydrogen-bond donors (Lipinski definition) is 1. The van der Waals surface area contributed by atoms with Crippen LogP contribution in [0.25, 0.3) is 10.9 Å². The first-order valence-corrected chi connectivity index (χ1v) is 6.48. The normalized spacial score (nSPS) is 11.8. The Hall–Kier alpha value is -2.42. The second-order valence-corrected chi connectivity index (χ2v) is 4.97. The molecule has 2 N–H and O–H groups in total. The van der Waals surface area contributed by atoms with E-state index in [1.54, 1.807) is 30.5 Å². The number of nitrogens with zero attached hydrogens (tertiary/aromatic N) is 3. The zero-order valence-electron chi connectivity index (χ0n) is 10.3. The number of hydrogen-bond acceptors (Lipinski definition) is 6. The number of nitrogen functional groups attached to an aromatic ring is 1. The highest BCUT2D eigenvalue weighted by molar-refractivity contribution is 7.13. The molecule has 108 valence electrons. The van der Waals surface area contributed by atoms with Crippen molar-refractivity contribution in [1.29, 1.82) is 0 Å². The highest BCUT2D eigenvalue weighted by atomic mass is 32.1. The molecule has 0 unspecified atom stereocenters. The number of alkyl halides is 3. The van der Waals surface area contributed by atoms with Crippen LogP contribution in [0.4, 0.5) is 18.9 Å². The fraction of sp³-hybridized carbons (Fsp3) is 0.0833. The molecule has 1 aromatic carbocycles. The molecule has 9 heteroatoms. The first-order chi connectivity index (χ1) is 9.95. The quantitative estimate of drug-likeness (QED) is 0.733. The molecule has 3 rings (SSSR count). The van der Waals surface area contributed by atoms with Crippen molar-refractivity contribution >= 4 is 27.9 Å².